The molecule has 0 saturated heterocycles. The maximum Gasteiger partial charge on any atom is 0.313 e. The number of ether oxygens (including phenoxy) is 1. The fraction of sp³-hybridized carbons (Fsp3) is 0.500. The van der Waals surface area contributed by atoms with Crippen molar-refractivity contribution in [3.8, 4) is 5.75 Å². The predicted octanol–water partition coefficient (Wildman–Crippen LogP) is 1.67. The van der Waals surface area contributed by atoms with E-state index in [4.69, 9.17) is 9.88 Å². The molecule has 0 aliphatic carbocycles. The van der Waals surface area contributed by atoms with Gasteiger partial charge in [-0.3, -0.25) is 10.1 Å². The highest BCUT2D eigenvalue weighted by atomic mass is 32.2. The van der Waals surface area contributed by atoms with Crippen LogP contribution >= 0.6 is 0 Å². The lowest BCUT2D eigenvalue weighted by Gasteiger charge is -2.20. The number of primary sulfonamides is 1. The zero-order chi connectivity index (χ0) is 16.2. The summed E-state index contributed by atoms with van der Waals surface area (Å²) in [6.45, 7) is 3.51. The van der Waals surface area contributed by atoms with Crippen molar-refractivity contribution in [2.75, 3.05) is 12.4 Å². The number of halogens is 1. The van der Waals surface area contributed by atoms with Gasteiger partial charge in [0.15, 0.2) is 5.75 Å². The third-order valence-electron chi connectivity index (χ3n) is 2.96. The number of sulfonamides is 1. The van der Waals surface area contributed by atoms with Crippen molar-refractivity contribution in [2.24, 2.45) is 17.0 Å². The number of nitro benzene ring substituents is 1. The molecule has 9 heteroatoms. The number of rotatable bonds is 7. The van der Waals surface area contributed by atoms with Gasteiger partial charge in [0.1, 0.15) is 5.82 Å². The molecule has 0 fully saturated rings. The summed E-state index contributed by atoms with van der Waals surface area (Å²) in [6, 6.07) is 2.92. The number of hydrogen-bond acceptors (Lipinski definition) is 5. The number of nitrogens with two attached hydrogens (primary N) is 1. The van der Waals surface area contributed by atoms with Crippen LogP contribution in [-0.2, 0) is 10.0 Å². The smallest absolute Gasteiger partial charge is 0.313 e. The van der Waals surface area contributed by atoms with Crippen LogP contribution in [0.5, 0.6) is 5.75 Å². The van der Waals surface area contributed by atoms with Crippen LogP contribution in [0.1, 0.15) is 13.8 Å². The molecule has 1 rings (SSSR count). The third-order valence-corrected chi connectivity index (χ3v) is 3.85. The molecule has 1 unspecified atom stereocenters. The van der Waals surface area contributed by atoms with Crippen molar-refractivity contribution in [3.63, 3.8) is 0 Å². The molecule has 0 aliphatic rings. The molecule has 0 heterocycles. The van der Waals surface area contributed by atoms with E-state index in [1.165, 1.54) is 0 Å². The summed E-state index contributed by atoms with van der Waals surface area (Å²) in [4.78, 5) is 10.1. The van der Waals surface area contributed by atoms with Crippen LogP contribution in [-0.4, -0.2) is 25.7 Å². The van der Waals surface area contributed by atoms with Crippen molar-refractivity contribution in [1.82, 2.24) is 0 Å². The molecule has 21 heavy (non-hydrogen) atoms. The Balaban J connectivity index is 2.88. The van der Waals surface area contributed by atoms with Gasteiger partial charge in [0.2, 0.25) is 10.0 Å². The van der Waals surface area contributed by atoms with E-state index < -0.39 is 32.4 Å². The largest absolute Gasteiger partial charge is 0.486 e. The molecule has 118 valence electrons. The highest BCUT2D eigenvalue weighted by Gasteiger charge is 2.23. The average molecular weight is 320 g/mol. The van der Waals surface area contributed by atoms with Crippen molar-refractivity contribution in [1.29, 1.82) is 0 Å². The first-order valence-corrected chi connectivity index (χ1v) is 7.89. The number of nitro groups is 1. The maximum absolute atomic E-state index is 13.0. The van der Waals surface area contributed by atoms with Crippen molar-refractivity contribution in [2.45, 2.75) is 13.8 Å². The Morgan fingerprint density at radius 1 is 1.43 bits per heavy atom. The molecule has 0 saturated carbocycles. The standard InChI is InChI=1S/C12H17FN2O5S/c1-8(2)9(7-21(14,18)19)6-20-12-4-3-10(13)5-11(12)15(16)17/h3-5,8-9H,6-7H2,1-2H3,(H2,14,18,19). The van der Waals surface area contributed by atoms with Gasteiger partial charge < -0.3 is 4.74 Å². The predicted molar refractivity (Wildman–Crippen MR) is 74.9 cm³/mol. The van der Waals surface area contributed by atoms with Crippen LogP contribution in [0.3, 0.4) is 0 Å². The summed E-state index contributed by atoms with van der Waals surface area (Å²) in [5.41, 5.74) is -0.506. The first kappa shape index (κ1) is 17.3. The Labute approximate surface area is 122 Å². The van der Waals surface area contributed by atoms with Crippen LogP contribution in [0, 0.1) is 27.8 Å². The fourth-order valence-corrected chi connectivity index (χ4v) is 2.76. The number of nitrogens with zero attached hydrogens (tertiary/aromatic N) is 1. The molecule has 1 aromatic rings. The van der Waals surface area contributed by atoms with Crippen molar-refractivity contribution in [3.05, 3.63) is 34.1 Å². The monoisotopic (exact) mass is 320 g/mol. The topological polar surface area (TPSA) is 113 Å². The van der Waals surface area contributed by atoms with E-state index in [0.29, 0.717) is 0 Å². The Kier molecular flexibility index (Phi) is 5.62. The molecule has 2 N–H and O–H groups in total. The Morgan fingerprint density at radius 2 is 2.05 bits per heavy atom. The molecule has 1 aromatic carbocycles. The van der Waals surface area contributed by atoms with Crippen LogP contribution in [0.2, 0.25) is 0 Å². The minimum atomic E-state index is -3.68. The van der Waals surface area contributed by atoms with Gasteiger partial charge >= 0.3 is 5.69 Å². The zero-order valence-electron chi connectivity index (χ0n) is 11.7. The lowest BCUT2D eigenvalue weighted by molar-refractivity contribution is -0.386. The first-order chi connectivity index (χ1) is 9.60. The molecule has 0 radical (unpaired) electrons. The molecule has 1 atom stereocenters. The van der Waals surface area contributed by atoms with Gasteiger partial charge in [0.05, 0.1) is 23.3 Å². The minimum absolute atomic E-state index is 0.0529. The summed E-state index contributed by atoms with van der Waals surface area (Å²) in [6.07, 6.45) is 0. The highest BCUT2D eigenvalue weighted by Crippen LogP contribution is 2.28. The molecule has 0 aliphatic heterocycles. The molecule has 0 bridgehead atoms. The van der Waals surface area contributed by atoms with E-state index in [1.54, 1.807) is 13.8 Å². The van der Waals surface area contributed by atoms with Crippen LogP contribution in [0.15, 0.2) is 18.2 Å². The zero-order valence-corrected chi connectivity index (χ0v) is 12.5. The van der Waals surface area contributed by atoms with Crippen molar-refractivity contribution < 1.29 is 22.5 Å². The molecule has 7 nitrogen and oxygen atoms in total. The summed E-state index contributed by atoms with van der Waals surface area (Å²) < 4.78 is 40.6. The molecule has 0 amide bonds. The Hall–Kier alpha value is -1.74. The molecule has 0 aromatic heterocycles. The number of benzene rings is 1. The number of hydrogen-bond donors (Lipinski definition) is 1. The fourth-order valence-electron chi connectivity index (χ4n) is 1.68. The lowest BCUT2D eigenvalue weighted by Crippen LogP contribution is -2.30. The first-order valence-electron chi connectivity index (χ1n) is 6.17. The summed E-state index contributed by atoms with van der Waals surface area (Å²) in [7, 11) is -3.68. The second-order valence-corrected chi connectivity index (χ2v) is 6.67. The average Bonchev–Trinajstić information content (AvgIpc) is 2.33. The van der Waals surface area contributed by atoms with Gasteiger partial charge in [0.25, 0.3) is 0 Å². The van der Waals surface area contributed by atoms with Crippen LogP contribution in [0.4, 0.5) is 10.1 Å². The molecular weight excluding hydrogens is 303 g/mol. The normalized spacial score (nSPS) is 13.2. The van der Waals surface area contributed by atoms with Gasteiger partial charge in [-0.05, 0) is 18.1 Å². The Bertz CT molecular complexity index is 618. The highest BCUT2D eigenvalue weighted by molar-refractivity contribution is 7.89. The molecular formula is C12H17FN2O5S. The maximum atomic E-state index is 13.0. The van der Waals surface area contributed by atoms with Crippen LogP contribution in [0.25, 0.3) is 0 Å². The van der Waals surface area contributed by atoms with E-state index in [-0.39, 0.29) is 24.0 Å². The minimum Gasteiger partial charge on any atom is -0.486 e. The van der Waals surface area contributed by atoms with Crippen molar-refractivity contribution >= 4 is 15.7 Å². The summed E-state index contributed by atoms with van der Waals surface area (Å²) in [5, 5.41) is 15.8. The second-order valence-electron chi connectivity index (χ2n) is 5.01. The second kappa shape index (κ2) is 6.81. The van der Waals surface area contributed by atoms with Crippen LogP contribution < -0.4 is 9.88 Å². The lowest BCUT2D eigenvalue weighted by atomic mass is 9.99. The van der Waals surface area contributed by atoms with E-state index in [9.17, 15) is 22.9 Å². The molecule has 0 spiro atoms. The van der Waals surface area contributed by atoms with Gasteiger partial charge in [-0.25, -0.2) is 17.9 Å². The van der Waals surface area contributed by atoms with E-state index in [0.717, 1.165) is 18.2 Å². The van der Waals surface area contributed by atoms with E-state index in [2.05, 4.69) is 0 Å². The Morgan fingerprint density at radius 3 is 2.52 bits per heavy atom. The third kappa shape index (κ3) is 5.64. The van der Waals surface area contributed by atoms with Gasteiger partial charge in [-0.1, -0.05) is 13.8 Å². The van der Waals surface area contributed by atoms with E-state index in [1.807, 2.05) is 0 Å². The van der Waals surface area contributed by atoms with Gasteiger partial charge in [-0.2, -0.15) is 0 Å². The quantitative estimate of drug-likeness (QED) is 0.606. The van der Waals surface area contributed by atoms with Gasteiger partial charge in [-0.15, -0.1) is 0 Å². The van der Waals surface area contributed by atoms with Gasteiger partial charge in [0, 0.05) is 5.92 Å². The van der Waals surface area contributed by atoms with E-state index >= 15 is 0 Å². The SMILES string of the molecule is CC(C)C(COc1ccc(F)cc1[N+](=O)[O-])CS(N)(=O)=O. The summed E-state index contributed by atoms with van der Waals surface area (Å²) >= 11 is 0. The summed E-state index contributed by atoms with van der Waals surface area (Å²) in [5.74, 6) is -1.63.